The number of rotatable bonds is 2. The van der Waals surface area contributed by atoms with E-state index in [1.165, 1.54) is 0 Å². The first-order valence-corrected chi connectivity index (χ1v) is 7.42. The van der Waals surface area contributed by atoms with E-state index in [1.54, 1.807) is 26.3 Å². The molecule has 0 fully saturated rings. The van der Waals surface area contributed by atoms with Crippen LogP contribution in [0.25, 0.3) is 0 Å². The van der Waals surface area contributed by atoms with Crippen LogP contribution in [0.1, 0.15) is 33.4 Å². The molecule has 3 heterocycles. The molecule has 3 N–H and O–H groups in total. The molecule has 0 saturated heterocycles. The lowest BCUT2D eigenvalue weighted by Gasteiger charge is -2.26. The predicted octanol–water partition coefficient (Wildman–Crippen LogP) is 1.56. The van der Waals surface area contributed by atoms with Gasteiger partial charge < -0.3 is 15.8 Å². The SMILES string of the molecule is COc1cc(C2Cc3nc(N)nc(C)c3C(=O)N2)c(Br)cn1. The molecule has 0 aromatic carbocycles. The van der Waals surface area contributed by atoms with E-state index in [4.69, 9.17) is 10.5 Å². The number of anilines is 1. The second-order valence-electron chi connectivity index (χ2n) is 4.97. The van der Waals surface area contributed by atoms with Gasteiger partial charge in [-0.15, -0.1) is 0 Å². The van der Waals surface area contributed by atoms with Crippen molar-refractivity contribution in [2.24, 2.45) is 0 Å². The van der Waals surface area contributed by atoms with Gasteiger partial charge in [0.05, 0.1) is 30.1 Å². The van der Waals surface area contributed by atoms with Gasteiger partial charge in [0.15, 0.2) is 0 Å². The summed E-state index contributed by atoms with van der Waals surface area (Å²) in [7, 11) is 1.55. The van der Waals surface area contributed by atoms with Gasteiger partial charge in [0.1, 0.15) is 0 Å². The van der Waals surface area contributed by atoms with Crippen molar-refractivity contribution in [1.82, 2.24) is 20.3 Å². The number of pyridine rings is 1. The summed E-state index contributed by atoms with van der Waals surface area (Å²) in [4.78, 5) is 24.8. The van der Waals surface area contributed by atoms with Crippen LogP contribution in [-0.4, -0.2) is 28.0 Å². The number of nitrogens with zero attached hydrogens (tertiary/aromatic N) is 3. The minimum atomic E-state index is -0.236. The van der Waals surface area contributed by atoms with Crippen molar-refractivity contribution in [3.05, 3.63) is 39.3 Å². The van der Waals surface area contributed by atoms with Crippen LogP contribution >= 0.6 is 15.9 Å². The monoisotopic (exact) mass is 363 g/mol. The van der Waals surface area contributed by atoms with Crippen molar-refractivity contribution in [1.29, 1.82) is 0 Å². The Morgan fingerprint density at radius 2 is 2.23 bits per heavy atom. The highest BCUT2D eigenvalue weighted by atomic mass is 79.9. The van der Waals surface area contributed by atoms with E-state index in [0.717, 1.165) is 10.0 Å². The van der Waals surface area contributed by atoms with Crippen LogP contribution < -0.4 is 15.8 Å². The number of methoxy groups -OCH3 is 1. The maximum atomic E-state index is 12.4. The summed E-state index contributed by atoms with van der Waals surface area (Å²) in [6, 6.07) is 1.55. The van der Waals surface area contributed by atoms with Gasteiger partial charge in [-0.05, 0) is 28.4 Å². The average molecular weight is 364 g/mol. The summed E-state index contributed by atoms with van der Waals surface area (Å²) < 4.78 is 5.94. The molecule has 3 rings (SSSR count). The first-order chi connectivity index (χ1) is 10.5. The Hall–Kier alpha value is -2.22. The number of carbonyl (C=O) groups is 1. The Labute approximate surface area is 135 Å². The van der Waals surface area contributed by atoms with Gasteiger partial charge in [0.25, 0.3) is 5.91 Å². The Balaban J connectivity index is 2.04. The lowest BCUT2D eigenvalue weighted by molar-refractivity contribution is 0.0922. The zero-order valence-electron chi connectivity index (χ0n) is 12.1. The fraction of sp³-hybridized carbons (Fsp3) is 0.286. The van der Waals surface area contributed by atoms with Crippen LogP contribution in [0, 0.1) is 6.92 Å². The van der Waals surface area contributed by atoms with Crippen LogP contribution in [0.4, 0.5) is 5.95 Å². The van der Waals surface area contributed by atoms with Gasteiger partial charge in [-0.25, -0.2) is 15.0 Å². The topological polar surface area (TPSA) is 103 Å². The highest BCUT2D eigenvalue weighted by Crippen LogP contribution is 2.32. The second kappa shape index (κ2) is 5.53. The number of fused-ring (bicyclic) bond motifs is 1. The fourth-order valence-corrected chi connectivity index (χ4v) is 3.07. The third-order valence-electron chi connectivity index (χ3n) is 3.56. The normalized spacial score (nSPS) is 16.9. The predicted molar refractivity (Wildman–Crippen MR) is 83.6 cm³/mol. The van der Waals surface area contributed by atoms with Crippen LogP contribution in [0.5, 0.6) is 5.88 Å². The van der Waals surface area contributed by atoms with E-state index < -0.39 is 0 Å². The number of nitrogens with one attached hydrogen (secondary N) is 1. The van der Waals surface area contributed by atoms with Gasteiger partial charge in [-0.1, -0.05) is 0 Å². The number of halogens is 1. The molecule has 0 radical (unpaired) electrons. The van der Waals surface area contributed by atoms with E-state index in [0.29, 0.717) is 29.3 Å². The maximum Gasteiger partial charge on any atom is 0.255 e. The van der Waals surface area contributed by atoms with Crippen molar-refractivity contribution < 1.29 is 9.53 Å². The van der Waals surface area contributed by atoms with Crippen molar-refractivity contribution in [3.8, 4) is 5.88 Å². The molecule has 0 bridgehead atoms. The quantitative estimate of drug-likeness (QED) is 0.838. The number of hydrogen-bond donors (Lipinski definition) is 2. The lowest BCUT2D eigenvalue weighted by Crippen LogP contribution is -2.37. The summed E-state index contributed by atoms with van der Waals surface area (Å²) in [5.74, 6) is 0.458. The van der Waals surface area contributed by atoms with Gasteiger partial charge >= 0.3 is 0 Å². The summed E-state index contributed by atoms with van der Waals surface area (Å²) in [6.07, 6.45) is 2.18. The number of ether oxygens (including phenoxy) is 1. The molecule has 2 aromatic rings. The molecule has 7 nitrogen and oxygen atoms in total. The summed E-state index contributed by atoms with van der Waals surface area (Å²) in [5.41, 5.74) is 8.31. The smallest absolute Gasteiger partial charge is 0.255 e. The summed E-state index contributed by atoms with van der Waals surface area (Å²) >= 11 is 3.46. The van der Waals surface area contributed by atoms with E-state index in [1.807, 2.05) is 0 Å². The van der Waals surface area contributed by atoms with Gasteiger partial charge in [0, 0.05) is 23.2 Å². The van der Waals surface area contributed by atoms with E-state index in [9.17, 15) is 4.79 Å². The molecule has 1 atom stereocenters. The highest BCUT2D eigenvalue weighted by molar-refractivity contribution is 9.10. The number of nitrogens with two attached hydrogens (primary N) is 1. The van der Waals surface area contributed by atoms with Crippen molar-refractivity contribution in [2.45, 2.75) is 19.4 Å². The Morgan fingerprint density at radius 3 is 2.95 bits per heavy atom. The molecular formula is C14H14BrN5O2. The zero-order valence-corrected chi connectivity index (χ0v) is 13.6. The molecule has 22 heavy (non-hydrogen) atoms. The Kier molecular flexibility index (Phi) is 3.69. The molecule has 8 heteroatoms. The lowest BCUT2D eigenvalue weighted by atomic mass is 9.94. The van der Waals surface area contributed by atoms with Gasteiger partial charge in [-0.2, -0.15) is 0 Å². The van der Waals surface area contributed by atoms with Gasteiger partial charge in [0.2, 0.25) is 11.8 Å². The molecular weight excluding hydrogens is 350 g/mol. The molecule has 1 amide bonds. The molecule has 2 aromatic heterocycles. The number of carbonyl (C=O) groups excluding carboxylic acids is 1. The second-order valence-corrected chi connectivity index (χ2v) is 5.82. The summed E-state index contributed by atoms with van der Waals surface area (Å²) in [6.45, 7) is 1.75. The van der Waals surface area contributed by atoms with Crippen molar-refractivity contribution in [2.75, 3.05) is 12.8 Å². The molecule has 1 aliphatic heterocycles. The van der Waals surface area contributed by atoms with Crippen molar-refractivity contribution in [3.63, 3.8) is 0 Å². The first kappa shape index (κ1) is 14.7. The number of aromatic nitrogens is 3. The van der Waals surface area contributed by atoms with E-state index in [-0.39, 0.29) is 17.9 Å². The third-order valence-corrected chi connectivity index (χ3v) is 4.22. The average Bonchev–Trinajstić information content (AvgIpc) is 2.46. The molecule has 1 unspecified atom stereocenters. The van der Waals surface area contributed by atoms with Gasteiger partial charge in [-0.3, -0.25) is 4.79 Å². The number of hydrogen-bond acceptors (Lipinski definition) is 6. The number of nitrogen functional groups attached to an aromatic ring is 1. The maximum absolute atomic E-state index is 12.4. The molecule has 1 aliphatic rings. The minimum Gasteiger partial charge on any atom is -0.481 e. The van der Waals surface area contributed by atoms with Crippen LogP contribution in [0.2, 0.25) is 0 Å². The molecule has 0 saturated carbocycles. The fourth-order valence-electron chi connectivity index (χ4n) is 2.57. The minimum absolute atomic E-state index is 0.177. The molecule has 0 aliphatic carbocycles. The highest BCUT2D eigenvalue weighted by Gasteiger charge is 2.30. The third kappa shape index (κ3) is 2.50. The first-order valence-electron chi connectivity index (χ1n) is 6.63. The molecule has 0 spiro atoms. The standard InChI is InChI=1S/C14H14BrN5O2/c1-6-12-10(20-14(16)18-6)4-9(19-13(12)21)7-3-11(22-2)17-5-8(7)15/h3,5,9H,4H2,1-2H3,(H,19,21)(H2,16,18,20). The largest absolute Gasteiger partial charge is 0.481 e. The van der Waals surface area contributed by atoms with Crippen molar-refractivity contribution >= 4 is 27.8 Å². The van der Waals surface area contributed by atoms with E-state index in [2.05, 4.69) is 36.2 Å². The number of amides is 1. The van der Waals surface area contributed by atoms with Crippen LogP contribution in [-0.2, 0) is 6.42 Å². The zero-order chi connectivity index (χ0) is 15.9. The van der Waals surface area contributed by atoms with Crippen LogP contribution in [0.3, 0.4) is 0 Å². The van der Waals surface area contributed by atoms with Crippen LogP contribution in [0.15, 0.2) is 16.7 Å². The Morgan fingerprint density at radius 1 is 1.45 bits per heavy atom. The summed E-state index contributed by atoms with van der Waals surface area (Å²) in [5, 5.41) is 2.97. The number of aryl methyl sites for hydroxylation is 1. The Bertz CT molecular complexity index is 765. The van der Waals surface area contributed by atoms with E-state index >= 15 is 0 Å². The molecule has 114 valence electrons.